The van der Waals surface area contributed by atoms with Crippen molar-refractivity contribution in [3.8, 4) is 5.75 Å². The van der Waals surface area contributed by atoms with Crippen LogP contribution >= 0.6 is 0 Å². The van der Waals surface area contributed by atoms with Crippen LogP contribution in [0.3, 0.4) is 0 Å². The molecule has 5 aliphatic rings. The summed E-state index contributed by atoms with van der Waals surface area (Å²) >= 11 is 0. The summed E-state index contributed by atoms with van der Waals surface area (Å²) in [4.78, 5) is 61.8. The number of alkyl halides is 2. The predicted molar refractivity (Wildman–Crippen MR) is 191 cm³/mol. The van der Waals surface area contributed by atoms with Gasteiger partial charge in [0.05, 0.1) is 24.2 Å². The molecule has 284 valence electrons. The van der Waals surface area contributed by atoms with Crippen molar-refractivity contribution in [2.45, 2.75) is 141 Å². The summed E-state index contributed by atoms with van der Waals surface area (Å²) in [7, 11) is 1.48. The molecule has 2 spiro atoms. The maximum Gasteiger partial charge on any atom is 0.408 e. The highest BCUT2D eigenvalue weighted by Gasteiger charge is 2.72. The van der Waals surface area contributed by atoms with Crippen molar-refractivity contribution in [2.75, 3.05) is 13.7 Å². The number of H-pyrrole nitrogens is 1. The van der Waals surface area contributed by atoms with E-state index < -0.39 is 41.8 Å². The number of nitrogens with zero attached hydrogens (tertiary/aromatic N) is 2. The number of ether oxygens (including phenoxy) is 2. The van der Waals surface area contributed by atoms with E-state index in [1.165, 1.54) is 32.4 Å². The minimum absolute atomic E-state index is 0.0998. The number of likely N-dealkylation sites (tertiary alicyclic amines) is 1. The summed E-state index contributed by atoms with van der Waals surface area (Å²) in [5.41, 5.74) is -1.31. The number of Topliss-reactive ketones (excluding diaryl/α,β-unsaturated/α-hetero) is 1. The molecule has 1 saturated heterocycles. The number of carbonyl (C=O) groups is 3. The van der Waals surface area contributed by atoms with Crippen molar-refractivity contribution in [3.05, 3.63) is 34.2 Å². The van der Waals surface area contributed by atoms with Crippen LogP contribution < -0.4 is 15.6 Å². The lowest BCUT2D eigenvalue weighted by atomic mass is 9.72. The molecule has 52 heavy (non-hydrogen) atoms. The van der Waals surface area contributed by atoms with E-state index in [2.05, 4.69) is 22.2 Å². The molecule has 0 bridgehead atoms. The number of ketones is 1. The Balaban J connectivity index is 0.942. The van der Waals surface area contributed by atoms with Gasteiger partial charge in [0.2, 0.25) is 5.91 Å². The van der Waals surface area contributed by atoms with Gasteiger partial charge in [0.15, 0.2) is 11.5 Å². The van der Waals surface area contributed by atoms with Crippen LogP contribution in [-0.4, -0.2) is 64.5 Å². The van der Waals surface area contributed by atoms with Gasteiger partial charge in [-0.25, -0.2) is 9.78 Å². The monoisotopic (exact) mass is 724 g/mol. The number of amides is 2. The van der Waals surface area contributed by atoms with Crippen LogP contribution in [0.25, 0.3) is 11.0 Å². The number of rotatable bonds is 14. The van der Waals surface area contributed by atoms with Crippen LogP contribution in [0, 0.1) is 28.1 Å². The molecule has 2 aromatic rings. The molecule has 4 saturated carbocycles. The molecule has 2 N–H and O–H groups in total. The highest BCUT2D eigenvalue weighted by molar-refractivity contribution is 5.94. The van der Waals surface area contributed by atoms with Crippen molar-refractivity contribution in [2.24, 2.45) is 28.1 Å². The number of aromatic nitrogens is 2. The summed E-state index contributed by atoms with van der Waals surface area (Å²) in [6, 6.07) is 3.48. The van der Waals surface area contributed by atoms with Crippen molar-refractivity contribution >= 4 is 28.8 Å². The fourth-order valence-corrected chi connectivity index (χ4v) is 9.55. The first kappa shape index (κ1) is 36.8. The number of aromatic amines is 1. The van der Waals surface area contributed by atoms with E-state index in [1.54, 1.807) is 17.0 Å². The first-order chi connectivity index (χ1) is 24.7. The van der Waals surface area contributed by atoms with Gasteiger partial charge in [0, 0.05) is 30.4 Å². The maximum atomic E-state index is 15.2. The van der Waals surface area contributed by atoms with Crippen molar-refractivity contribution in [3.63, 3.8) is 0 Å². The number of nitrogens with one attached hydrogen (secondary N) is 2. The maximum absolute atomic E-state index is 15.2. The fraction of sp³-hybridized carbons (Fsp3) is 0.725. The van der Waals surface area contributed by atoms with Gasteiger partial charge < -0.3 is 24.7 Å². The number of carbonyl (C=O) groups excluding carboxylic acids is 3. The fourth-order valence-electron chi connectivity index (χ4n) is 9.55. The lowest BCUT2D eigenvalue weighted by molar-refractivity contribution is -0.141. The second-order valence-electron chi connectivity index (χ2n) is 17.3. The number of methoxy groups -OCH3 is 1. The third-order valence-electron chi connectivity index (χ3n) is 13.3. The Bertz CT molecular complexity index is 1770. The van der Waals surface area contributed by atoms with Gasteiger partial charge in [0.25, 0.3) is 11.5 Å². The molecule has 4 aliphatic carbocycles. The SMILES string of the molecule is COc1ccc2nc(C(F)(F)CCCC3CC34CC4OC(=O)NC(CCC3(C)CCCCC3)C(=O)N3CCC4(CC4)[C@H]3C(=O)C(C)C)c(=O)[nH]c2c1. The van der Waals surface area contributed by atoms with E-state index in [0.29, 0.717) is 37.1 Å². The number of hydrogen-bond donors (Lipinski definition) is 2. The molecule has 10 nitrogen and oxygen atoms in total. The quantitative estimate of drug-likeness (QED) is 0.207. The number of halogens is 2. The number of benzene rings is 1. The lowest BCUT2D eigenvalue weighted by Gasteiger charge is -2.36. The number of alkyl carbamates (subject to hydrolysis) is 1. The molecule has 1 aliphatic heterocycles. The van der Waals surface area contributed by atoms with Crippen LogP contribution in [0.1, 0.15) is 123 Å². The summed E-state index contributed by atoms with van der Waals surface area (Å²) in [6.07, 6.45) is 10.5. The summed E-state index contributed by atoms with van der Waals surface area (Å²) in [5.74, 6) is -3.02. The van der Waals surface area contributed by atoms with E-state index in [0.717, 1.165) is 44.9 Å². The van der Waals surface area contributed by atoms with Gasteiger partial charge in [-0.05, 0) is 99.5 Å². The minimum atomic E-state index is -3.40. The third-order valence-corrected chi connectivity index (χ3v) is 13.3. The Morgan fingerprint density at radius 3 is 2.54 bits per heavy atom. The highest BCUT2D eigenvalue weighted by Crippen LogP contribution is 2.73. The molecule has 0 radical (unpaired) electrons. The van der Waals surface area contributed by atoms with E-state index in [4.69, 9.17) is 9.47 Å². The molecular weight excluding hydrogens is 670 g/mol. The normalized spacial score (nSPS) is 27.5. The van der Waals surface area contributed by atoms with Gasteiger partial charge >= 0.3 is 6.09 Å². The van der Waals surface area contributed by atoms with Gasteiger partial charge in [-0.3, -0.25) is 14.4 Å². The van der Waals surface area contributed by atoms with Gasteiger partial charge in [0.1, 0.15) is 17.9 Å². The van der Waals surface area contributed by atoms with Crippen LogP contribution in [0.5, 0.6) is 5.75 Å². The molecule has 5 fully saturated rings. The molecule has 1 aromatic heterocycles. The molecule has 2 amide bonds. The zero-order chi connectivity index (χ0) is 37.1. The van der Waals surface area contributed by atoms with Gasteiger partial charge in [-0.15, -0.1) is 0 Å². The topological polar surface area (TPSA) is 131 Å². The smallest absolute Gasteiger partial charge is 0.408 e. The number of fused-ring (bicyclic) bond motifs is 1. The zero-order valence-electron chi connectivity index (χ0n) is 31.0. The second-order valence-corrected chi connectivity index (χ2v) is 17.3. The molecule has 2 heterocycles. The number of hydrogen-bond acceptors (Lipinski definition) is 7. The Kier molecular flexibility index (Phi) is 9.68. The first-order valence-electron chi connectivity index (χ1n) is 19.5. The van der Waals surface area contributed by atoms with Gasteiger partial charge in [-0.2, -0.15) is 8.78 Å². The lowest BCUT2D eigenvalue weighted by Crippen LogP contribution is -2.54. The molecule has 12 heteroatoms. The average molecular weight is 725 g/mol. The first-order valence-corrected chi connectivity index (χ1v) is 19.5. The van der Waals surface area contributed by atoms with Crippen molar-refractivity contribution in [1.82, 2.24) is 20.2 Å². The predicted octanol–water partition coefficient (Wildman–Crippen LogP) is 7.42. The zero-order valence-corrected chi connectivity index (χ0v) is 31.0. The minimum Gasteiger partial charge on any atom is -0.497 e. The third kappa shape index (κ3) is 7.19. The Labute approximate surface area is 304 Å². The molecule has 5 atom stereocenters. The van der Waals surface area contributed by atoms with Crippen molar-refractivity contribution in [1.29, 1.82) is 0 Å². The van der Waals surface area contributed by atoms with Crippen LogP contribution in [0.2, 0.25) is 0 Å². The Morgan fingerprint density at radius 1 is 1.10 bits per heavy atom. The summed E-state index contributed by atoms with van der Waals surface area (Å²) in [5, 5.41) is 2.93. The van der Waals surface area contributed by atoms with E-state index in [1.807, 2.05) is 13.8 Å². The standard InChI is InChI=1S/C40H54F2N4O6/c1-24(2)31(47)33-38(17-18-38)19-20-46(33)35(49)28(12-16-37(3)13-6-5-7-14-37)45-36(50)52-30-23-39(30)22-25(39)9-8-15-40(41,42)32-34(48)44-29-21-26(51-4)10-11-27(29)43-32/h10-11,21,24-25,28,30,33H,5-9,12-20,22-23H2,1-4H3,(H,44,48)(H,45,50)/t25?,28?,30?,33-,39?/m1/s1. The highest BCUT2D eigenvalue weighted by atomic mass is 19.3. The summed E-state index contributed by atoms with van der Waals surface area (Å²) < 4.78 is 41.5. The Morgan fingerprint density at radius 2 is 1.85 bits per heavy atom. The van der Waals surface area contributed by atoms with Crippen LogP contribution in [-0.2, 0) is 20.2 Å². The van der Waals surface area contributed by atoms with E-state index in [9.17, 15) is 19.2 Å². The largest absolute Gasteiger partial charge is 0.497 e. The van der Waals surface area contributed by atoms with E-state index in [-0.39, 0.29) is 57.8 Å². The average Bonchev–Trinajstić information content (AvgIpc) is 4.06. The van der Waals surface area contributed by atoms with Crippen LogP contribution in [0.4, 0.5) is 13.6 Å². The van der Waals surface area contributed by atoms with Crippen molar-refractivity contribution < 1.29 is 32.6 Å². The van der Waals surface area contributed by atoms with Crippen LogP contribution in [0.15, 0.2) is 23.0 Å². The Hall–Kier alpha value is -3.57. The van der Waals surface area contributed by atoms with E-state index >= 15 is 8.78 Å². The molecule has 4 unspecified atom stereocenters. The molecule has 7 rings (SSSR count). The molecular formula is C40H54F2N4O6. The van der Waals surface area contributed by atoms with Gasteiger partial charge in [-0.1, -0.05) is 40.0 Å². The summed E-state index contributed by atoms with van der Waals surface area (Å²) in [6.45, 7) is 6.58. The second kappa shape index (κ2) is 13.7. The molecule has 1 aromatic carbocycles.